The number of methoxy groups -OCH3 is 1. The van der Waals surface area contributed by atoms with E-state index >= 15 is 0 Å². The number of rotatable bonds is 5. The van der Waals surface area contributed by atoms with Crippen LogP contribution in [-0.4, -0.2) is 43.6 Å². The standard InChI is InChI=1S/C15H23N3O2/c1-20-14-4-2-3-12(9-14)10-17-15(19)11-18-7-5-13(16)6-8-18/h2-4,9,13H,5-8,10-11,16H2,1H3,(H,17,19). The molecule has 0 radical (unpaired) electrons. The number of nitrogens with one attached hydrogen (secondary N) is 1. The number of carbonyl (C=O) groups is 1. The van der Waals surface area contributed by atoms with Crippen molar-refractivity contribution in [2.24, 2.45) is 5.73 Å². The third kappa shape index (κ3) is 4.51. The SMILES string of the molecule is COc1cccc(CNC(=O)CN2CCC(N)CC2)c1. The second kappa shape index (κ2) is 7.26. The molecule has 1 amide bonds. The molecule has 3 N–H and O–H groups in total. The van der Waals surface area contributed by atoms with Crippen LogP contribution in [0.5, 0.6) is 5.75 Å². The molecule has 20 heavy (non-hydrogen) atoms. The van der Waals surface area contributed by atoms with Crippen LogP contribution in [0.15, 0.2) is 24.3 Å². The normalized spacial score (nSPS) is 16.9. The zero-order chi connectivity index (χ0) is 14.4. The van der Waals surface area contributed by atoms with E-state index in [-0.39, 0.29) is 5.91 Å². The fourth-order valence-corrected chi connectivity index (χ4v) is 2.35. The fourth-order valence-electron chi connectivity index (χ4n) is 2.35. The summed E-state index contributed by atoms with van der Waals surface area (Å²) in [6.07, 6.45) is 1.95. The lowest BCUT2D eigenvalue weighted by Gasteiger charge is -2.29. The smallest absolute Gasteiger partial charge is 0.234 e. The Morgan fingerprint density at radius 3 is 2.90 bits per heavy atom. The summed E-state index contributed by atoms with van der Waals surface area (Å²) in [6, 6.07) is 8.02. The molecule has 0 bridgehead atoms. The molecule has 0 aliphatic carbocycles. The maximum absolute atomic E-state index is 11.9. The van der Waals surface area contributed by atoms with Gasteiger partial charge in [-0.05, 0) is 30.5 Å². The molecule has 0 aromatic heterocycles. The molecule has 1 aliphatic rings. The molecule has 2 rings (SSSR count). The second-order valence-corrected chi connectivity index (χ2v) is 5.24. The Labute approximate surface area is 120 Å². The predicted octanol–water partition coefficient (Wildman–Crippen LogP) is 0.735. The summed E-state index contributed by atoms with van der Waals surface area (Å²) < 4.78 is 5.16. The van der Waals surface area contributed by atoms with Crippen molar-refractivity contribution >= 4 is 5.91 Å². The van der Waals surface area contributed by atoms with Crippen molar-refractivity contribution in [1.29, 1.82) is 0 Å². The third-order valence-electron chi connectivity index (χ3n) is 3.62. The summed E-state index contributed by atoms with van der Waals surface area (Å²) >= 11 is 0. The molecule has 110 valence electrons. The van der Waals surface area contributed by atoms with Crippen LogP contribution in [0.1, 0.15) is 18.4 Å². The lowest BCUT2D eigenvalue weighted by atomic mass is 10.1. The van der Waals surface area contributed by atoms with E-state index in [0.29, 0.717) is 19.1 Å². The number of ether oxygens (including phenoxy) is 1. The molecule has 0 saturated carbocycles. The number of benzene rings is 1. The number of hydrogen-bond donors (Lipinski definition) is 2. The van der Waals surface area contributed by atoms with Crippen molar-refractivity contribution in [3.63, 3.8) is 0 Å². The summed E-state index contributed by atoms with van der Waals surface area (Å²) in [4.78, 5) is 14.1. The Balaban J connectivity index is 1.74. The highest BCUT2D eigenvalue weighted by Gasteiger charge is 2.17. The lowest BCUT2D eigenvalue weighted by Crippen LogP contribution is -2.44. The summed E-state index contributed by atoms with van der Waals surface area (Å²) in [5.41, 5.74) is 6.89. The molecule has 5 nitrogen and oxygen atoms in total. The highest BCUT2D eigenvalue weighted by Crippen LogP contribution is 2.12. The van der Waals surface area contributed by atoms with E-state index < -0.39 is 0 Å². The van der Waals surface area contributed by atoms with Crippen LogP contribution in [0.2, 0.25) is 0 Å². The molecular weight excluding hydrogens is 254 g/mol. The lowest BCUT2D eigenvalue weighted by molar-refractivity contribution is -0.122. The summed E-state index contributed by atoms with van der Waals surface area (Å²) in [7, 11) is 1.64. The molecule has 1 aromatic carbocycles. The van der Waals surface area contributed by atoms with E-state index in [1.54, 1.807) is 7.11 Å². The van der Waals surface area contributed by atoms with Crippen LogP contribution in [0.3, 0.4) is 0 Å². The van der Waals surface area contributed by atoms with Gasteiger partial charge < -0.3 is 15.8 Å². The van der Waals surface area contributed by atoms with Gasteiger partial charge in [-0.1, -0.05) is 12.1 Å². The fraction of sp³-hybridized carbons (Fsp3) is 0.533. The molecule has 0 unspecified atom stereocenters. The van der Waals surface area contributed by atoms with Gasteiger partial charge in [-0.25, -0.2) is 0 Å². The van der Waals surface area contributed by atoms with Gasteiger partial charge in [0.05, 0.1) is 13.7 Å². The van der Waals surface area contributed by atoms with Crippen LogP contribution < -0.4 is 15.8 Å². The van der Waals surface area contributed by atoms with Crippen molar-refractivity contribution in [3.05, 3.63) is 29.8 Å². The van der Waals surface area contributed by atoms with Crippen LogP contribution in [0, 0.1) is 0 Å². The zero-order valence-corrected chi connectivity index (χ0v) is 12.0. The second-order valence-electron chi connectivity index (χ2n) is 5.24. The molecule has 0 spiro atoms. The van der Waals surface area contributed by atoms with Crippen molar-refractivity contribution < 1.29 is 9.53 Å². The van der Waals surface area contributed by atoms with E-state index in [2.05, 4.69) is 10.2 Å². The average molecular weight is 277 g/mol. The van der Waals surface area contributed by atoms with Gasteiger partial charge in [0, 0.05) is 25.7 Å². The first-order valence-corrected chi connectivity index (χ1v) is 7.05. The highest BCUT2D eigenvalue weighted by molar-refractivity contribution is 5.78. The van der Waals surface area contributed by atoms with Gasteiger partial charge in [0.25, 0.3) is 0 Å². The van der Waals surface area contributed by atoms with E-state index in [4.69, 9.17) is 10.5 Å². The van der Waals surface area contributed by atoms with Gasteiger partial charge in [-0.3, -0.25) is 9.69 Å². The first-order valence-electron chi connectivity index (χ1n) is 7.05. The monoisotopic (exact) mass is 277 g/mol. The van der Waals surface area contributed by atoms with Crippen molar-refractivity contribution in [2.45, 2.75) is 25.4 Å². The number of piperidine rings is 1. The Bertz CT molecular complexity index is 442. The van der Waals surface area contributed by atoms with Gasteiger partial charge in [0.15, 0.2) is 0 Å². The molecular formula is C15H23N3O2. The number of hydrogen-bond acceptors (Lipinski definition) is 4. The minimum Gasteiger partial charge on any atom is -0.497 e. The van der Waals surface area contributed by atoms with Crippen molar-refractivity contribution in [2.75, 3.05) is 26.7 Å². The summed E-state index contributed by atoms with van der Waals surface area (Å²) in [5, 5.41) is 2.94. The summed E-state index contributed by atoms with van der Waals surface area (Å²) in [5.74, 6) is 0.866. The predicted molar refractivity (Wildman–Crippen MR) is 78.5 cm³/mol. The van der Waals surface area contributed by atoms with Crippen molar-refractivity contribution in [3.8, 4) is 5.75 Å². The van der Waals surface area contributed by atoms with Gasteiger partial charge in [0.1, 0.15) is 5.75 Å². The average Bonchev–Trinajstić information content (AvgIpc) is 2.48. The van der Waals surface area contributed by atoms with Gasteiger partial charge in [-0.15, -0.1) is 0 Å². The van der Waals surface area contributed by atoms with E-state index in [9.17, 15) is 4.79 Å². The van der Waals surface area contributed by atoms with E-state index in [1.807, 2.05) is 24.3 Å². The first kappa shape index (κ1) is 14.8. The highest BCUT2D eigenvalue weighted by atomic mass is 16.5. The maximum atomic E-state index is 11.9. The van der Waals surface area contributed by atoms with Gasteiger partial charge in [0.2, 0.25) is 5.91 Å². The molecule has 5 heteroatoms. The van der Waals surface area contributed by atoms with Gasteiger partial charge in [-0.2, -0.15) is 0 Å². The number of carbonyl (C=O) groups excluding carboxylic acids is 1. The molecule has 1 saturated heterocycles. The number of nitrogens with zero attached hydrogens (tertiary/aromatic N) is 1. The number of likely N-dealkylation sites (tertiary alicyclic amines) is 1. The van der Waals surface area contributed by atoms with E-state index in [1.165, 1.54) is 0 Å². The molecule has 1 fully saturated rings. The molecule has 1 heterocycles. The molecule has 0 atom stereocenters. The first-order chi connectivity index (χ1) is 9.67. The van der Waals surface area contributed by atoms with Gasteiger partial charge >= 0.3 is 0 Å². The van der Waals surface area contributed by atoms with Crippen LogP contribution in [0.25, 0.3) is 0 Å². The Morgan fingerprint density at radius 2 is 2.20 bits per heavy atom. The number of amides is 1. The third-order valence-corrected chi connectivity index (χ3v) is 3.62. The number of nitrogens with two attached hydrogens (primary N) is 1. The van der Waals surface area contributed by atoms with E-state index in [0.717, 1.165) is 37.2 Å². The topological polar surface area (TPSA) is 67.6 Å². The van der Waals surface area contributed by atoms with Crippen LogP contribution in [-0.2, 0) is 11.3 Å². The molecule has 1 aromatic rings. The Hall–Kier alpha value is -1.59. The Morgan fingerprint density at radius 1 is 1.45 bits per heavy atom. The summed E-state index contributed by atoms with van der Waals surface area (Å²) in [6.45, 7) is 2.81. The zero-order valence-electron chi connectivity index (χ0n) is 12.0. The minimum atomic E-state index is 0.0586. The Kier molecular flexibility index (Phi) is 5.38. The molecule has 1 aliphatic heterocycles. The maximum Gasteiger partial charge on any atom is 0.234 e. The minimum absolute atomic E-state index is 0.0586. The van der Waals surface area contributed by atoms with Crippen molar-refractivity contribution in [1.82, 2.24) is 10.2 Å². The largest absolute Gasteiger partial charge is 0.497 e. The van der Waals surface area contributed by atoms with Crippen LogP contribution >= 0.6 is 0 Å². The quantitative estimate of drug-likeness (QED) is 0.833. The van der Waals surface area contributed by atoms with Crippen LogP contribution in [0.4, 0.5) is 0 Å².